The van der Waals surface area contributed by atoms with Crippen LogP contribution in [0.15, 0.2) is 0 Å². The summed E-state index contributed by atoms with van der Waals surface area (Å²) in [6.07, 6.45) is -1.84. The summed E-state index contributed by atoms with van der Waals surface area (Å²) in [5.74, 6) is -1.24. The molecule has 0 spiro atoms. The second-order valence-electron chi connectivity index (χ2n) is 4.34. The first kappa shape index (κ1) is 14.8. The molecule has 6 heteroatoms. The monoisotopic (exact) mass is 315 g/mol. The van der Waals surface area contributed by atoms with Crippen LogP contribution in [0.4, 0.5) is 13.2 Å². The van der Waals surface area contributed by atoms with E-state index >= 15 is 0 Å². The summed E-state index contributed by atoms with van der Waals surface area (Å²) >= 11 is 3.28. The number of rotatable bonds is 4. The minimum Gasteiger partial charge on any atom is -0.343 e. The Morgan fingerprint density at radius 3 is 2.29 bits per heavy atom. The molecule has 2 nitrogen and oxygen atoms in total. The van der Waals surface area contributed by atoms with Gasteiger partial charge in [-0.2, -0.15) is 13.2 Å². The molecule has 1 heterocycles. The number of hydrogen-bond donors (Lipinski definition) is 0. The van der Waals surface area contributed by atoms with Gasteiger partial charge >= 0.3 is 6.18 Å². The fraction of sp³-hybridized carbons (Fsp3) is 0.909. The number of alkyl halides is 4. The first-order valence-electron chi connectivity index (χ1n) is 5.85. The predicted octanol–water partition coefficient (Wildman–Crippen LogP) is 3.35. The summed E-state index contributed by atoms with van der Waals surface area (Å²) in [6.45, 7) is 0.495. The molecular formula is C11H17BrF3NO. The van der Waals surface area contributed by atoms with Crippen LogP contribution in [0, 0.1) is 5.92 Å². The third-order valence-corrected chi connectivity index (χ3v) is 3.65. The summed E-state index contributed by atoms with van der Waals surface area (Å²) in [7, 11) is 0. The van der Waals surface area contributed by atoms with Gasteiger partial charge in [0.1, 0.15) is 0 Å². The molecule has 0 bridgehead atoms. The highest BCUT2D eigenvalue weighted by molar-refractivity contribution is 9.09. The number of amides is 1. The van der Waals surface area contributed by atoms with Crippen LogP contribution < -0.4 is 0 Å². The number of likely N-dealkylation sites (tertiary alicyclic amines) is 1. The van der Waals surface area contributed by atoms with E-state index in [0.717, 1.165) is 18.2 Å². The molecule has 0 unspecified atom stereocenters. The van der Waals surface area contributed by atoms with Gasteiger partial charge < -0.3 is 4.90 Å². The number of hydrogen-bond acceptors (Lipinski definition) is 1. The van der Waals surface area contributed by atoms with Gasteiger partial charge in [-0.25, -0.2) is 0 Å². The molecule has 1 saturated heterocycles. The normalized spacial score (nSPS) is 18.5. The van der Waals surface area contributed by atoms with Crippen LogP contribution in [0.1, 0.15) is 32.1 Å². The maximum atomic E-state index is 12.4. The van der Waals surface area contributed by atoms with Gasteiger partial charge in [-0.1, -0.05) is 15.9 Å². The molecule has 0 aliphatic carbocycles. The number of nitrogens with zero attached hydrogens (tertiary/aromatic N) is 1. The Balaban J connectivity index is 2.29. The highest BCUT2D eigenvalue weighted by atomic mass is 79.9. The molecule has 1 aliphatic heterocycles. The van der Waals surface area contributed by atoms with Crippen LogP contribution in [-0.2, 0) is 4.79 Å². The minimum atomic E-state index is -4.11. The largest absolute Gasteiger partial charge is 0.391 e. The number of piperidine rings is 1. The van der Waals surface area contributed by atoms with E-state index in [9.17, 15) is 18.0 Å². The SMILES string of the molecule is O=C(CCCCBr)N1CCC(C(F)(F)F)CC1. The predicted molar refractivity (Wildman–Crippen MR) is 63.0 cm³/mol. The van der Waals surface area contributed by atoms with Crippen LogP contribution in [0.3, 0.4) is 0 Å². The molecule has 0 saturated carbocycles. The third kappa shape index (κ3) is 4.85. The summed E-state index contributed by atoms with van der Waals surface area (Å²) in [5.41, 5.74) is 0. The van der Waals surface area contributed by atoms with E-state index in [-0.39, 0.29) is 31.8 Å². The second-order valence-corrected chi connectivity index (χ2v) is 5.14. The smallest absolute Gasteiger partial charge is 0.343 e. The lowest BCUT2D eigenvalue weighted by Gasteiger charge is -2.33. The number of carbonyl (C=O) groups is 1. The maximum Gasteiger partial charge on any atom is 0.391 e. The van der Waals surface area contributed by atoms with Crippen molar-refractivity contribution < 1.29 is 18.0 Å². The Hall–Kier alpha value is -0.260. The van der Waals surface area contributed by atoms with Crippen LogP contribution in [-0.4, -0.2) is 35.4 Å². The van der Waals surface area contributed by atoms with Crippen molar-refractivity contribution in [2.24, 2.45) is 5.92 Å². The molecular weight excluding hydrogens is 299 g/mol. The summed E-state index contributed by atoms with van der Waals surface area (Å²) < 4.78 is 37.2. The molecule has 0 aromatic heterocycles. The average molecular weight is 316 g/mol. The Bertz CT molecular complexity index is 250. The van der Waals surface area contributed by atoms with Crippen molar-refractivity contribution in [1.82, 2.24) is 4.90 Å². The molecule has 1 aliphatic rings. The van der Waals surface area contributed by atoms with Crippen LogP contribution in [0.25, 0.3) is 0 Å². The van der Waals surface area contributed by atoms with E-state index in [2.05, 4.69) is 15.9 Å². The fourth-order valence-electron chi connectivity index (χ4n) is 1.99. The second kappa shape index (κ2) is 6.61. The average Bonchev–Trinajstić information content (AvgIpc) is 2.28. The molecule has 1 amide bonds. The molecule has 1 fully saturated rings. The summed E-state index contributed by atoms with van der Waals surface area (Å²) in [4.78, 5) is 13.2. The van der Waals surface area contributed by atoms with E-state index in [4.69, 9.17) is 0 Å². The zero-order valence-corrected chi connectivity index (χ0v) is 11.2. The topological polar surface area (TPSA) is 20.3 Å². The van der Waals surface area contributed by atoms with Gasteiger partial charge in [0.15, 0.2) is 0 Å². The molecule has 1 rings (SSSR count). The van der Waals surface area contributed by atoms with Gasteiger partial charge in [0, 0.05) is 24.8 Å². The third-order valence-electron chi connectivity index (χ3n) is 3.08. The highest BCUT2D eigenvalue weighted by Crippen LogP contribution is 2.34. The van der Waals surface area contributed by atoms with Gasteiger partial charge in [0.25, 0.3) is 0 Å². The lowest BCUT2D eigenvalue weighted by atomic mass is 9.96. The van der Waals surface area contributed by atoms with Crippen molar-refractivity contribution in [2.75, 3.05) is 18.4 Å². The van der Waals surface area contributed by atoms with Crippen molar-refractivity contribution >= 4 is 21.8 Å². The van der Waals surface area contributed by atoms with E-state index in [0.29, 0.717) is 6.42 Å². The van der Waals surface area contributed by atoms with Gasteiger partial charge in [-0.05, 0) is 25.7 Å². The van der Waals surface area contributed by atoms with Crippen molar-refractivity contribution in [3.8, 4) is 0 Å². The van der Waals surface area contributed by atoms with Gasteiger partial charge in [0.2, 0.25) is 5.91 Å². The molecule has 17 heavy (non-hydrogen) atoms. The molecule has 0 aromatic carbocycles. The maximum absolute atomic E-state index is 12.4. The van der Waals surface area contributed by atoms with E-state index < -0.39 is 12.1 Å². The fourth-order valence-corrected chi connectivity index (χ4v) is 2.38. The highest BCUT2D eigenvalue weighted by Gasteiger charge is 2.41. The van der Waals surface area contributed by atoms with Gasteiger partial charge in [-0.3, -0.25) is 4.79 Å². The molecule has 0 N–H and O–H groups in total. The van der Waals surface area contributed by atoms with Crippen LogP contribution in [0.2, 0.25) is 0 Å². The van der Waals surface area contributed by atoms with E-state index in [1.807, 2.05) is 0 Å². The van der Waals surface area contributed by atoms with Gasteiger partial charge in [0.05, 0.1) is 5.92 Å². The Labute approximate surface area is 108 Å². The number of carbonyl (C=O) groups excluding carboxylic acids is 1. The lowest BCUT2D eigenvalue weighted by Crippen LogP contribution is -2.42. The summed E-state index contributed by atoms with van der Waals surface area (Å²) in [6, 6.07) is 0. The first-order valence-corrected chi connectivity index (χ1v) is 6.97. The first-order chi connectivity index (χ1) is 7.95. The Morgan fingerprint density at radius 2 is 1.82 bits per heavy atom. The summed E-state index contributed by atoms with van der Waals surface area (Å²) in [5, 5.41) is 0.858. The standard InChI is InChI=1S/C11H17BrF3NO/c12-6-2-1-3-10(17)16-7-4-9(5-8-16)11(13,14)15/h9H,1-8H2. The van der Waals surface area contributed by atoms with Crippen molar-refractivity contribution in [1.29, 1.82) is 0 Å². The number of halogens is 4. The van der Waals surface area contributed by atoms with Crippen molar-refractivity contribution in [3.63, 3.8) is 0 Å². The zero-order chi connectivity index (χ0) is 12.9. The van der Waals surface area contributed by atoms with E-state index in [1.54, 1.807) is 4.90 Å². The molecule has 0 atom stereocenters. The van der Waals surface area contributed by atoms with Crippen molar-refractivity contribution in [2.45, 2.75) is 38.3 Å². The van der Waals surface area contributed by atoms with Crippen molar-refractivity contribution in [3.05, 3.63) is 0 Å². The number of unbranched alkanes of at least 4 members (excludes halogenated alkanes) is 1. The molecule has 0 radical (unpaired) electrons. The Kier molecular flexibility index (Phi) is 5.76. The molecule has 100 valence electrons. The minimum absolute atomic E-state index is 0.00780. The molecule has 0 aromatic rings. The van der Waals surface area contributed by atoms with Crippen LogP contribution >= 0.6 is 15.9 Å². The zero-order valence-electron chi connectivity index (χ0n) is 9.60. The Morgan fingerprint density at radius 1 is 1.24 bits per heavy atom. The van der Waals surface area contributed by atoms with Crippen LogP contribution in [0.5, 0.6) is 0 Å². The van der Waals surface area contributed by atoms with E-state index in [1.165, 1.54) is 0 Å². The van der Waals surface area contributed by atoms with Gasteiger partial charge in [-0.15, -0.1) is 0 Å². The quantitative estimate of drug-likeness (QED) is 0.575. The lowest BCUT2D eigenvalue weighted by molar-refractivity contribution is -0.186.